The van der Waals surface area contributed by atoms with Crippen LogP contribution in [0.25, 0.3) is 10.1 Å². The van der Waals surface area contributed by atoms with Crippen molar-refractivity contribution in [3.63, 3.8) is 0 Å². The summed E-state index contributed by atoms with van der Waals surface area (Å²) < 4.78 is 2.26. The van der Waals surface area contributed by atoms with Crippen molar-refractivity contribution >= 4 is 49.1 Å². The average molecular weight is 365 g/mol. The van der Waals surface area contributed by atoms with Crippen molar-refractivity contribution in [2.75, 3.05) is 5.75 Å². The molecule has 0 spiro atoms. The first-order valence-corrected chi connectivity index (χ1v) is 8.93. The van der Waals surface area contributed by atoms with Crippen molar-refractivity contribution in [3.05, 3.63) is 63.9 Å². The lowest BCUT2D eigenvalue weighted by atomic mass is 10.1. The van der Waals surface area contributed by atoms with Gasteiger partial charge in [0.05, 0.1) is 6.10 Å². The van der Waals surface area contributed by atoms with Gasteiger partial charge < -0.3 is 5.11 Å². The molecule has 20 heavy (non-hydrogen) atoms. The Labute approximate surface area is 134 Å². The number of hydrogen-bond donors (Lipinski definition) is 1. The number of halogens is 1. The fraction of sp³-hybridized carbons (Fsp3) is 0.125. The van der Waals surface area contributed by atoms with E-state index in [0.717, 1.165) is 14.9 Å². The van der Waals surface area contributed by atoms with Gasteiger partial charge in [-0.1, -0.05) is 30.3 Å². The zero-order valence-electron chi connectivity index (χ0n) is 10.6. The van der Waals surface area contributed by atoms with Crippen LogP contribution >= 0.6 is 39.0 Å². The molecule has 1 aromatic heterocycles. The molecule has 0 saturated heterocycles. The first-order chi connectivity index (χ1) is 9.75. The van der Waals surface area contributed by atoms with Gasteiger partial charge in [0, 0.05) is 19.8 Å². The Balaban J connectivity index is 1.78. The number of thiophene rings is 1. The van der Waals surface area contributed by atoms with Crippen LogP contribution in [0.4, 0.5) is 0 Å². The molecule has 0 amide bonds. The predicted molar refractivity (Wildman–Crippen MR) is 91.7 cm³/mol. The number of fused-ring (bicyclic) bond motifs is 1. The molecule has 0 aliphatic heterocycles. The fourth-order valence-electron chi connectivity index (χ4n) is 2.10. The first-order valence-electron chi connectivity index (χ1n) is 6.27. The van der Waals surface area contributed by atoms with Gasteiger partial charge in [0.15, 0.2) is 0 Å². The molecule has 0 fully saturated rings. The van der Waals surface area contributed by atoms with Crippen molar-refractivity contribution in [2.45, 2.75) is 11.0 Å². The summed E-state index contributed by atoms with van der Waals surface area (Å²) >= 11 is 6.89. The molecule has 0 radical (unpaired) electrons. The minimum Gasteiger partial charge on any atom is -0.387 e. The molecule has 1 N–H and O–H groups in total. The van der Waals surface area contributed by atoms with Gasteiger partial charge in [-0.3, -0.25) is 0 Å². The zero-order valence-corrected chi connectivity index (χ0v) is 13.8. The zero-order chi connectivity index (χ0) is 13.9. The van der Waals surface area contributed by atoms with Crippen molar-refractivity contribution in [2.24, 2.45) is 0 Å². The largest absolute Gasteiger partial charge is 0.387 e. The van der Waals surface area contributed by atoms with Crippen LogP contribution in [0.2, 0.25) is 0 Å². The molecule has 1 atom stereocenters. The molecule has 3 rings (SSSR count). The molecule has 2 aromatic carbocycles. The SMILES string of the molecule is OC(CSc1ccccc1Br)c1cccc2ccsc12. The normalized spacial score (nSPS) is 12.7. The summed E-state index contributed by atoms with van der Waals surface area (Å²) in [5.41, 5.74) is 1.03. The molecular weight excluding hydrogens is 352 g/mol. The fourth-order valence-corrected chi connectivity index (χ4v) is 4.59. The summed E-state index contributed by atoms with van der Waals surface area (Å²) in [7, 11) is 0. The number of aliphatic hydroxyl groups excluding tert-OH is 1. The second kappa shape index (κ2) is 6.31. The molecular formula is C16H13BrOS2. The summed E-state index contributed by atoms with van der Waals surface area (Å²) in [4.78, 5) is 1.16. The first kappa shape index (κ1) is 14.1. The Morgan fingerprint density at radius 1 is 1.10 bits per heavy atom. The molecule has 0 aliphatic rings. The van der Waals surface area contributed by atoms with Crippen LogP contribution in [0.1, 0.15) is 11.7 Å². The van der Waals surface area contributed by atoms with Crippen molar-refractivity contribution < 1.29 is 5.11 Å². The van der Waals surface area contributed by atoms with E-state index in [0.29, 0.717) is 5.75 Å². The maximum atomic E-state index is 10.5. The Bertz CT molecular complexity index is 723. The molecule has 0 saturated carbocycles. The van der Waals surface area contributed by atoms with Gasteiger partial charge >= 0.3 is 0 Å². The minimum absolute atomic E-state index is 0.450. The molecule has 0 aliphatic carbocycles. The van der Waals surface area contributed by atoms with E-state index in [4.69, 9.17) is 0 Å². The second-order valence-electron chi connectivity index (χ2n) is 4.44. The van der Waals surface area contributed by atoms with Crippen molar-refractivity contribution in [3.8, 4) is 0 Å². The Kier molecular flexibility index (Phi) is 4.46. The van der Waals surface area contributed by atoms with E-state index in [1.54, 1.807) is 23.1 Å². The molecule has 3 aromatic rings. The summed E-state index contributed by atoms with van der Waals surface area (Å²) in [5, 5.41) is 13.7. The quantitative estimate of drug-likeness (QED) is 0.617. The van der Waals surface area contributed by atoms with Gasteiger partial charge in [0.25, 0.3) is 0 Å². The number of benzene rings is 2. The summed E-state index contributed by atoms with van der Waals surface area (Å²) in [6.07, 6.45) is -0.450. The van der Waals surface area contributed by atoms with Crippen LogP contribution in [0.3, 0.4) is 0 Å². The van der Waals surface area contributed by atoms with E-state index in [2.05, 4.69) is 39.5 Å². The third-order valence-electron chi connectivity index (χ3n) is 3.10. The number of hydrogen-bond acceptors (Lipinski definition) is 3. The second-order valence-corrected chi connectivity index (χ2v) is 7.28. The third-order valence-corrected chi connectivity index (χ3v) is 6.18. The highest BCUT2D eigenvalue weighted by Gasteiger charge is 2.13. The van der Waals surface area contributed by atoms with Crippen molar-refractivity contribution in [1.29, 1.82) is 0 Å². The van der Waals surface area contributed by atoms with Crippen LogP contribution in [0, 0.1) is 0 Å². The van der Waals surface area contributed by atoms with Gasteiger partial charge in [0.2, 0.25) is 0 Å². The Hall–Kier alpha value is -0.810. The Morgan fingerprint density at radius 3 is 2.80 bits per heavy atom. The molecule has 1 nitrogen and oxygen atoms in total. The smallest absolute Gasteiger partial charge is 0.0897 e. The topological polar surface area (TPSA) is 20.2 Å². The molecule has 1 heterocycles. The van der Waals surface area contributed by atoms with Gasteiger partial charge in [-0.05, 0) is 50.5 Å². The molecule has 0 bridgehead atoms. The lowest BCUT2D eigenvalue weighted by Gasteiger charge is -2.12. The van der Waals surface area contributed by atoms with Crippen LogP contribution in [0.15, 0.2) is 63.3 Å². The van der Waals surface area contributed by atoms with Crippen LogP contribution < -0.4 is 0 Å². The minimum atomic E-state index is -0.450. The highest BCUT2D eigenvalue weighted by molar-refractivity contribution is 9.10. The summed E-state index contributed by atoms with van der Waals surface area (Å²) in [5.74, 6) is 0.652. The predicted octanol–water partition coefficient (Wildman–Crippen LogP) is 5.49. The lowest BCUT2D eigenvalue weighted by molar-refractivity contribution is 0.206. The van der Waals surface area contributed by atoms with Gasteiger partial charge in [-0.2, -0.15) is 0 Å². The third kappa shape index (κ3) is 2.93. The standard InChI is InChI=1S/C16H13BrOS2/c17-13-6-1-2-7-15(13)20-10-14(18)12-5-3-4-11-8-9-19-16(11)12/h1-9,14,18H,10H2. The molecule has 102 valence electrons. The van der Waals surface area contributed by atoms with E-state index >= 15 is 0 Å². The molecule has 4 heteroatoms. The number of rotatable bonds is 4. The van der Waals surface area contributed by atoms with E-state index in [-0.39, 0.29) is 0 Å². The van der Waals surface area contributed by atoms with E-state index in [1.165, 1.54) is 10.1 Å². The Morgan fingerprint density at radius 2 is 1.95 bits per heavy atom. The van der Waals surface area contributed by atoms with Crippen LogP contribution in [0.5, 0.6) is 0 Å². The maximum Gasteiger partial charge on any atom is 0.0897 e. The average Bonchev–Trinajstić information content (AvgIpc) is 2.94. The summed E-state index contributed by atoms with van der Waals surface area (Å²) in [6.45, 7) is 0. The summed E-state index contributed by atoms with van der Waals surface area (Å²) in [6, 6.07) is 16.3. The van der Waals surface area contributed by atoms with Crippen molar-refractivity contribution in [1.82, 2.24) is 0 Å². The maximum absolute atomic E-state index is 10.5. The van der Waals surface area contributed by atoms with Gasteiger partial charge in [-0.25, -0.2) is 0 Å². The highest BCUT2D eigenvalue weighted by Crippen LogP contribution is 2.34. The van der Waals surface area contributed by atoms with Crippen LogP contribution in [-0.2, 0) is 0 Å². The monoisotopic (exact) mass is 364 g/mol. The number of thioether (sulfide) groups is 1. The lowest BCUT2D eigenvalue weighted by Crippen LogP contribution is -2.00. The van der Waals surface area contributed by atoms with Crippen LogP contribution in [-0.4, -0.2) is 10.9 Å². The number of aliphatic hydroxyl groups is 1. The molecule has 1 unspecified atom stereocenters. The van der Waals surface area contributed by atoms with E-state index in [9.17, 15) is 5.11 Å². The van der Waals surface area contributed by atoms with Gasteiger partial charge in [-0.15, -0.1) is 23.1 Å². The highest BCUT2D eigenvalue weighted by atomic mass is 79.9. The van der Waals surface area contributed by atoms with E-state index < -0.39 is 6.10 Å². The van der Waals surface area contributed by atoms with E-state index in [1.807, 2.05) is 30.3 Å². The van der Waals surface area contributed by atoms with Gasteiger partial charge in [0.1, 0.15) is 0 Å².